The average molecular weight is 259 g/mol. The van der Waals surface area contributed by atoms with Gasteiger partial charge in [0.1, 0.15) is 0 Å². The number of fused-ring (bicyclic) bond motifs is 1. The summed E-state index contributed by atoms with van der Waals surface area (Å²) in [5.74, 6) is 0.555. The van der Waals surface area contributed by atoms with E-state index >= 15 is 0 Å². The highest BCUT2D eigenvalue weighted by atomic mass is 16.5. The Hall–Kier alpha value is -1.39. The molecule has 0 spiro atoms. The SMILES string of the molecule is CCCNC(c1cnn2ccccc12)C1CCOC1. The van der Waals surface area contributed by atoms with Crippen LogP contribution < -0.4 is 5.32 Å². The van der Waals surface area contributed by atoms with E-state index in [0.29, 0.717) is 12.0 Å². The largest absolute Gasteiger partial charge is 0.381 e. The molecule has 1 fully saturated rings. The maximum Gasteiger partial charge on any atom is 0.0709 e. The van der Waals surface area contributed by atoms with Crippen LogP contribution in [-0.4, -0.2) is 29.4 Å². The lowest BCUT2D eigenvalue weighted by Crippen LogP contribution is -2.29. The quantitative estimate of drug-likeness (QED) is 0.896. The molecule has 1 aliphatic rings. The standard InChI is InChI=1S/C15H21N3O/c1-2-7-16-15(12-6-9-19-11-12)13-10-17-18-8-4-3-5-14(13)18/h3-5,8,10,12,15-16H,2,6-7,9,11H2,1H3. The molecule has 0 amide bonds. The van der Waals surface area contributed by atoms with Gasteiger partial charge in [-0.1, -0.05) is 13.0 Å². The number of nitrogens with zero attached hydrogens (tertiary/aromatic N) is 2. The van der Waals surface area contributed by atoms with Crippen LogP contribution in [0.3, 0.4) is 0 Å². The number of pyridine rings is 1. The summed E-state index contributed by atoms with van der Waals surface area (Å²) in [6.45, 7) is 4.97. The van der Waals surface area contributed by atoms with Crippen LogP contribution >= 0.6 is 0 Å². The van der Waals surface area contributed by atoms with Crippen LogP contribution in [0.15, 0.2) is 30.6 Å². The topological polar surface area (TPSA) is 38.6 Å². The van der Waals surface area contributed by atoms with Gasteiger partial charge in [-0.3, -0.25) is 0 Å². The van der Waals surface area contributed by atoms with E-state index in [4.69, 9.17) is 4.74 Å². The molecule has 3 rings (SSSR count). The fraction of sp³-hybridized carbons (Fsp3) is 0.533. The van der Waals surface area contributed by atoms with Crippen molar-refractivity contribution in [1.82, 2.24) is 14.9 Å². The van der Waals surface area contributed by atoms with E-state index in [1.807, 2.05) is 23.0 Å². The lowest BCUT2D eigenvalue weighted by Gasteiger charge is -2.23. The van der Waals surface area contributed by atoms with E-state index in [1.165, 1.54) is 11.1 Å². The van der Waals surface area contributed by atoms with Gasteiger partial charge in [-0.25, -0.2) is 4.52 Å². The second-order valence-electron chi connectivity index (χ2n) is 5.19. The number of nitrogens with one attached hydrogen (secondary N) is 1. The van der Waals surface area contributed by atoms with E-state index in [9.17, 15) is 0 Å². The summed E-state index contributed by atoms with van der Waals surface area (Å²) in [5, 5.41) is 8.13. The molecule has 2 aromatic rings. The minimum Gasteiger partial charge on any atom is -0.381 e. The molecule has 2 atom stereocenters. The first-order valence-corrected chi connectivity index (χ1v) is 7.13. The number of ether oxygens (including phenoxy) is 1. The number of hydrogen-bond acceptors (Lipinski definition) is 3. The third-order valence-electron chi connectivity index (χ3n) is 3.84. The van der Waals surface area contributed by atoms with Crippen LogP contribution in [0, 0.1) is 5.92 Å². The first-order valence-electron chi connectivity index (χ1n) is 7.13. The van der Waals surface area contributed by atoms with E-state index < -0.39 is 0 Å². The molecule has 0 radical (unpaired) electrons. The Morgan fingerprint density at radius 2 is 2.47 bits per heavy atom. The van der Waals surface area contributed by atoms with Crippen molar-refractivity contribution in [2.24, 2.45) is 5.92 Å². The molecule has 2 aromatic heterocycles. The first kappa shape index (κ1) is 12.6. The van der Waals surface area contributed by atoms with E-state index in [2.05, 4.69) is 29.5 Å². The lowest BCUT2D eigenvalue weighted by atomic mass is 9.93. The minimum atomic E-state index is 0.349. The van der Waals surface area contributed by atoms with Crippen molar-refractivity contribution in [3.05, 3.63) is 36.2 Å². The van der Waals surface area contributed by atoms with Crippen LogP contribution in [0.2, 0.25) is 0 Å². The van der Waals surface area contributed by atoms with Crippen molar-refractivity contribution < 1.29 is 4.74 Å². The molecule has 0 bridgehead atoms. The predicted molar refractivity (Wildman–Crippen MR) is 75.2 cm³/mol. The molecule has 0 saturated carbocycles. The summed E-state index contributed by atoms with van der Waals surface area (Å²) in [4.78, 5) is 0. The summed E-state index contributed by atoms with van der Waals surface area (Å²) < 4.78 is 7.51. The van der Waals surface area contributed by atoms with Gasteiger partial charge >= 0.3 is 0 Å². The average Bonchev–Trinajstić information content (AvgIpc) is 3.09. The number of hydrogen-bond donors (Lipinski definition) is 1. The van der Waals surface area contributed by atoms with Gasteiger partial charge in [0.05, 0.1) is 18.3 Å². The van der Waals surface area contributed by atoms with Crippen molar-refractivity contribution in [2.45, 2.75) is 25.8 Å². The van der Waals surface area contributed by atoms with Crippen LogP contribution in [0.5, 0.6) is 0 Å². The predicted octanol–water partition coefficient (Wildman–Crippen LogP) is 2.41. The minimum absolute atomic E-state index is 0.349. The lowest BCUT2D eigenvalue weighted by molar-refractivity contribution is 0.177. The van der Waals surface area contributed by atoms with Crippen LogP contribution in [-0.2, 0) is 4.74 Å². The highest BCUT2D eigenvalue weighted by Gasteiger charge is 2.28. The molecule has 4 nitrogen and oxygen atoms in total. The molecular weight excluding hydrogens is 238 g/mol. The molecular formula is C15H21N3O. The van der Waals surface area contributed by atoms with Gasteiger partial charge in [-0.05, 0) is 31.5 Å². The zero-order chi connectivity index (χ0) is 13.1. The Labute approximate surface area is 113 Å². The summed E-state index contributed by atoms with van der Waals surface area (Å²) in [5.41, 5.74) is 2.49. The Morgan fingerprint density at radius 1 is 1.53 bits per heavy atom. The van der Waals surface area contributed by atoms with Crippen molar-refractivity contribution in [3.8, 4) is 0 Å². The van der Waals surface area contributed by atoms with Gasteiger partial charge in [-0.15, -0.1) is 0 Å². The van der Waals surface area contributed by atoms with Crippen molar-refractivity contribution >= 4 is 5.52 Å². The van der Waals surface area contributed by atoms with Gasteiger partial charge in [0.2, 0.25) is 0 Å². The molecule has 0 aromatic carbocycles. The fourth-order valence-corrected chi connectivity index (χ4v) is 2.84. The third-order valence-corrected chi connectivity index (χ3v) is 3.84. The van der Waals surface area contributed by atoms with Gasteiger partial charge in [0, 0.05) is 30.3 Å². The zero-order valence-electron chi connectivity index (χ0n) is 11.4. The van der Waals surface area contributed by atoms with Gasteiger partial charge in [0.15, 0.2) is 0 Å². The van der Waals surface area contributed by atoms with Crippen molar-refractivity contribution in [3.63, 3.8) is 0 Å². The molecule has 2 unspecified atom stereocenters. The Kier molecular flexibility index (Phi) is 3.80. The maximum absolute atomic E-state index is 5.56. The molecule has 19 heavy (non-hydrogen) atoms. The summed E-state index contributed by atoms with van der Waals surface area (Å²) in [6.07, 6.45) is 6.27. The smallest absolute Gasteiger partial charge is 0.0709 e. The molecule has 1 saturated heterocycles. The normalized spacial score (nSPS) is 21.0. The van der Waals surface area contributed by atoms with Gasteiger partial charge in [0.25, 0.3) is 0 Å². The van der Waals surface area contributed by atoms with E-state index in [-0.39, 0.29) is 0 Å². The fourth-order valence-electron chi connectivity index (χ4n) is 2.84. The van der Waals surface area contributed by atoms with Gasteiger partial charge in [-0.2, -0.15) is 5.10 Å². The van der Waals surface area contributed by atoms with Crippen molar-refractivity contribution in [1.29, 1.82) is 0 Å². The molecule has 4 heteroatoms. The molecule has 1 N–H and O–H groups in total. The molecule has 3 heterocycles. The second-order valence-corrected chi connectivity index (χ2v) is 5.19. The monoisotopic (exact) mass is 259 g/mol. The highest BCUT2D eigenvalue weighted by molar-refractivity contribution is 5.55. The summed E-state index contributed by atoms with van der Waals surface area (Å²) >= 11 is 0. The summed E-state index contributed by atoms with van der Waals surface area (Å²) in [7, 11) is 0. The number of aromatic nitrogens is 2. The number of rotatable bonds is 5. The molecule has 102 valence electrons. The maximum atomic E-state index is 5.56. The summed E-state index contributed by atoms with van der Waals surface area (Å²) in [6, 6.07) is 6.57. The highest BCUT2D eigenvalue weighted by Crippen LogP contribution is 2.31. The Balaban J connectivity index is 1.93. The molecule has 0 aliphatic carbocycles. The molecule has 1 aliphatic heterocycles. The van der Waals surface area contributed by atoms with Crippen LogP contribution in [0.1, 0.15) is 31.4 Å². The van der Waals surface area contributed by atoms with Crippen LogP contribution in [0.4, 0.5) is 0 Å². The Bertz CT molecular complexity index is 531. The van der Waals surface area contributed by atoms with E-state index in [1.54, 1.807) is 0 Å². The second kappa shape index (κ2) is 5.72. The Morgan fingerprint density at radius 3 is 3.26 bits per heavy atom. The third kappa shape index (κ3) is 2.51. The van der Waals surface area contributed by atoms with E-state index in [0.717, 1.165) is 32.6 Å². The zero-order valence-corrected chi connectivity index (χ0v) is 11.4. The van der Waals surface area contributed by atoms with Gasteiger partial charge < -0.3 is 10.1 Å². The van der Waals surface area contributed by atoms with Crippen molar-refractivity contribution in [2.75, 3.05) is 19.8 Å². The first-order chi connectivity index (χ1) is 9.40. The van der Waals surface area contributed by atoms with Crippen LogP contribution in [0.25, 0.3) is 5.52 Å².